The molecule has 1 heterocycles. The Morgan fingerprint density at radius 2 is 1.90 bits per heavy atom. The van der Waals surface area contributed by atoms with Gasteiger partial charge in [-0.2, -0.15) is 11.8 Å². The Bertz CT molecular complexity index is 705. The summed E-state index contributed by atoms with van der Waals surface area (Å²) >= 11 is 1.53. The molecule has 0 bridgehead atoms. The minimum absolute atomic E-state index is 0.127. The summed E-state index contributed by atoms with van der Waals surface area (Å²) in [6.07, 6.45) is 1.91. The molecule has 1 aromatic carbocycles. The highest BCUT2D eigenvalue weighted by molar-refractivity contribution is 7.97. The number of benzene rings is 1. The van der Waals surface area contributed by atoms with Crippen molar-refractivity contribution in [3.63, 3.8) is 0 Å². The Labute approximate surface area is 127 Å². The van der Waals surface area contributed by atoms with Gasteiger partial charge in [-0.05, 0) is 43.4 Å². The molecule has 1 amide bonds. The Hall–Kier alpha value is -2.08. The number of rotatable bonds is 4. The summed E-state index contributed by atoms with van der Waals surface area (Å²) in [4.78, 5) is 30.6. The molecule has 0 fully saturated rings. The number of H-pyrrole nitrogens is 1. The number of hydrogen-bond donors (Lipinski definition) is 2. The van der Waals surface area contributed by atoms with Crippen LogP contribution in [0.2, 0.25) is 0 Å². The molecule has 0 radical (unpaired) electrons. The molecule has 0 atom stereocenters. The maximum atomic E-state index is 12.2. The molecule has 6 heteroatoms. The summed E-state index contributed by atoms with van der Waals surface area (Å²) in [6, 6.07) is 6.99. The van der Waals surface area contributed by atoms with Crippen LogP contribution in [0.3, 0.4) is 0 Å². The molecule has 0 unspecified atom stereocenters. The van der Waals surface area contributed by atoms with Crippen LogP contribution in [0.15, 0.2) is 29.1 Å². The first kappa shape index (κ1) is 15.3. The van der Waals surface area contributed by atoms with Gasteiger partial charge in [0.05, 0.1) is 5.75 Å². The van der Waals surface area contributed by atoms with Crippen molar-refractivity contribution in [2.24, 2.45) is 0 Å². The highest BCUT2D eigenvalue weighted by Crippen LogP contribution is 2.14. The molecule has 2 aromatic rings. The minimum Gasteiger partial charge on any atom is -0.321 e. The molecule has 0 saturated heterocycles. The molecule has 0 saturated carbocycles. The fourth-order valence-electron chi connectivity index (χ4n) is 2.07. The van der Waals surface area contributed by atoms with Gasteiger partial charge < -0.3 is 10.3 Å². The van der Waals surface area contributed by atoms with Crippen molar-refractivity contribution in [2.75, 3.05) is 11.6 Å². The molecule has 0 spiro atoms. The zero-order valence-corrected chi connectivity index (χ0v) is 13.0. The van der Waals surface area contributed by atoms with E-state index >= 15 is 0 Å². The fourth-order valence-corrected chi connectivity index (χ4v) is 2.48. The van der Waals surface area contributed by atoms with E-state index < -0.39 is 0 Å². The smallest absolute Gasteiger partial charge is 0.274 e. The maximum absolute atomic E-state index is 12.2. The third-order valence-corrected chi connectivity index (χ3v) is 3.35. The lowest BCUT2D eigenvalue weighted by Crippen LogP contribution is -2.20. The third kappa shape index (κ3) is 4.19. The summed E-state index contributed by atoms with van der Waals surface area (Å²) in [5, 5.41) is 2.78. The summed E-state index contributed by atoms with van der Waals surface area (Å²) in [7, 11) is 0. The second-order valence-electron chi connectivity index (χ2n) is 4.84. The van der Waals surface area contributed by atoms with Crippen LogP contribution in [0.1, 0.15) is 27.4 Å². The zero-order valence-electron chi connectivity index (χ0n) is 12.2. The number of aryl methyl sites for hydroxylation is 2. The molecule has 5 nitrogen and oxygen atoms in total. The number of carbonyl (C=O) groups excluding carboxylic acids is 1. The Morgan fingerprint density at radius 3 is 2.52 bits per heavy atom. The second kappa shape index (κ2) is 6.58. The van der Waals surface area contributed by atoms with Gasteiger partial charge in [0.15, 0.2) is 0 Å². The molecule has 1 aromatic heterocycles. The van der Waals surface area contributed by atoms with Crippen molar-refractivity contribution in [3.8, 4) is 0 Å². The number of aromatic nitrogens is 2. The van der Waals surface area contributed by atoms with Crippen molar-refractivity contribution >= 4 is 23.4 Å². The van der Waals surface area contributed by atoms with Crippen LogP contribution in [0.25, 0.3) is 0 Å². The summed E-state index contributed by atoms with van der Waals surface area (Å²) in [5.41, 5.74) is 2.63. The monoisotopic (exact) mass is 303 g/mol. The molecule has 2 N–H and O–H groups in total. The van der Waals surface area contributed by atoms with Gasteiger partial charge in [0.1, 0.15) is 11.5 Å². The predicted molar refractivity (Wildman–Crippen MR) is 85.9 cm³/mol. The van der Waals surface area contributed by atoms with Crippen molar-refractivity contribution in [1.82, 2.24) is 9.97 Å². The molecular weight excluding hydrogens is 286 g/mol. The van der Waals surface area contributed by atoms with E-state index in [0.29, 0.717) is 17.3 Å². The van der Waals surface area contributed by atoms with Gasteiger partial charge in [-0.3, -0.25) is 9.59 Å². The van der Waals surface area contributed by atoms with Gasteiger partial charge in [0.25, 0.3) is 11.5 Å². The Balaban J connectivity index is 2.25. The number of amides is 1. The Kier molecular flexibility index (Phi) is 4.80. The van der Waals surface area contributed by atoms with E-state index in [4.69, 9.17) is 0 Å². The first-order chi connectivity index (χ1) is 9.97. The van der Waals surface area contributed by atoms with E-state index in [2.05, 4.69) is 15.3 Å². The zero-order chi connectivity index (χ0) is 15.4. The number of anilines is 1. The first-order valence-electron chi connectivity index (χ1n) is 6.47. The average molecular weight is 303 g/mol. The van der Waals surface area contributed by atoms with Crippen molar-refractivity contribution in [1.29, 1.82) is 0 Å². The van der Waals surface area contributed by atoms with Gasteiger partial charge in [0.2, 0.25) is 0 Å². The maximum Gasteiger partial charge on any atom is 0.274 e. The minimum atomic E-state index is -0.381. The quantitative estimate of drug-likeness (QED) is 0.910. The summed E-state index contributed by atoms with van der Waals surface area (Å²) in [5.74, 6) is 0.675. The van der Waals surface area contributed by atoms with Gasteiger partial charge in [-0.1, -0.05) is 6.07 Å². The number of hydrogen-bond acceptors (Lipinski definition) is 4. The third-order valence-electron chi connectivity index (χ3n) is 2.78. The summed E-state index contributed by atoms with van der Waals surface area (Å²) in [6.45, 7) is 3.93. The van der Waals surface area contributed by atoms with Crippen LogP contribution < -0.4 is 10.9 Å². The normalized spacial score (nSPS) is 10.4. The van der Waals surface area contributed by atoms with Crippen LogP contribution in [-0.2, 0) is 5.75 Å². The van der Waals surface area contributed by atoms with Crippen LogP contribution >= 0.6 is 11.8 Å². The largest absolute Gasteiger partial charge is 0.321 e. The predicted octanol–water partition coefficient (Wildman–Crippen LogP) is 2.50. The van der Waals surface area contributed by atoms with Crippen LogP contribution in [-0.4, -0.2) is 22.1 Å². The molecule has 110 valence electrons. The van der Waals surface area contributed by atoms with Gasteiger partial charge in [0, 0.05) is 11.8 Å². The van der Waals surface area contributed by atoms with Crippen molar-refractivity contribution < 1.29 is 4.79 Å². The lowest BCUT2D eigenvalue weighted by molar-refractivity contribution is 0.102. The molecule has 21 heavy (non-hydrogen) atoms. The lowest BCUT2D eigenvalue weighted by atomic mass is 10.1. The van der Waals surface area contributed by atoms with Gasteiger partial charge >= 0.3 is 0 Å². The lowest BCUT2D eigenvalue weighted by Gasteiger charge is -2.08. The van der Waals surface area contributed by atoms with Crippen molar-refractivity contribution in [2.45, 2.75) is 19.6 Å². The van der Waals surface area contributed by atoms with E-state index in [1.807, 2.05) is 38.3 Å². The van der Waals surface area contributed by atoms with Crippen LogP contribution in [0.5, 0.6) is 0 Å². The average Bonchev–Trinajstić information content (AvgIpc) is 2.37. The second-order valence-corrected chi connectivity index (χ2v) is 5.71. The molecular formula is C15H17N3O2S. The first-order valence-corrected chi connectivity index (χ1v) is 7.86. The van der Waals surface area contributed by atoms with Crippen LogP contribution in [0, 0.1) is 13.8 Å². The fraction of sp³-hybridized carbons (Fsp3) is 0.267. The molecule has 0 aliphatic carbocycles. The van der Waals surface area contributed by atoms with Gasteiger partial charge in [-0.15, -0.1) is 0 Å². The number of nitrogens with one attached hydrogen (secondary N) is 2. The van der Waals surface area contributed by atoms with E-state index in [-0.39, 0.29) is 17.2 Å². The Morgan fingerprint density at radius 1 is 1.24 bits per heavy atom. The van der Waals surface area contributed by atoms with E-state index in [1.165, 1.54) is 17.8 Å². The van der Waals surface area contributed by atoms with Crippen LogP contribution in [0.4, 0.5) is 5.69 Å². The topological polar surface area (TPSA) is 74.8 Å². The van der Waals surface area contributed by atoms with E-state index in [1.54, 1.807) is 0 Å². The molecule has 0 aliphatic heterocycles. The standard InChI is InChI=1S/C15H17N3O2S/c1-9-4-10(2)6-11(5-9)16-15(20)12-7-14(19)18-13(17-12)8-21-3/h4-7H,8H2,1-3H3,(H,16,20)(H,17,18,19). The van der Waals surface area contributed by atoms with Crippen molar-refractivity contribution in [3.05, 3.63) is 57.3 Å². The van der Waals surface area contributed by atoms with Gasteiger partial charge in [-0.25, -0.2) is 4.98 Å². The SMILES string of the molecule is CSCc1nc(C(=O)Nc2cc(C)cc(C)c2)cc(=O)[nH]1. The van der Waals surface area contributed by atoms with E-state index in [9.17, 15) is 9.59 Å². The highest BCUT2D eigenvalue weighted by Gasteiger charge is 2.11. The number of carbonyl (C=O) groups is 1. The number of nitrogens with zero attached hydrogens (tertiary/aromatic N) is 1. The molecule has 2 rings (SSSR count). The molecule has 0 aliphatic rings. The van der Waals surface area contributed by atoms with E-state index in [0.717, 1.165) is 11.1 Å². The number of aromatic amines is 1. The highest BCUT2D eigenvalue weighted by atomic mass is 32.2. The summed E-state index contributed by atoms with van der Waals surface area (Å²) < 4.78 is 0. The number of thioether (sulfide) groups is 1.